The number of pyridine rings is 1. The van der Waals surface area contributed by atoms with E-state index in [1.165, 1.54) is 11.6 Å². The molecule has 0 bridgehead atoms. The van der Waals surface area contributed by atoms with Crippen LogP contribution in [-0.4, -0.2) is 48.4 Å². The molecule has 7 heteroatoms. The molecule has 3 rings (SSSR count). The molecule has 1 fully saturated rings. The lowest BCUT2D eigenvalue weighted by atomic mass is 10.1. The zero-order chi connectivity index (χ0) is 19.8. The third-order valence-corrected chi connectivity index (χ3v) is 4.85. The summed E-state index contributed by atoms with van der Waals surface area (Å²) in [6.45, 7) is 2.37. The maximum atomic E-state index is 13.7. The summed E-state index contributed by atoms with van der Waals surface area (Å²) in [7, 11) is 1.66. The number of benzene rings is 1. The Balaban J connectivity index is 1.42. The van der Waals surface area contributed by atoms with Gasteiger partial charge in [-0.25, -0.2) is 4.39 Å². The second-order valence-corrected chi connectivity index (χ2v) is 6.88. The molecule has 1 aliphatic heterocycles. The highest BCUT2D eigenvalue weighted by atomic mass is 19.1. The number of nitrogens with one attached hydrogen (secondary N) is 2. The third kappa shape index (κ3) is 5.52. The first kappa shape index (κ1) is 19.8. The average Bonchev–Trinajstić information content (AvgIpc) is 3.08. The number of halogens is 1. The molecule has 1 aromatic carbocycles. The Bertz CT molecular complexity index is 811. The highest BCUT2D eigenvalue weighted by Gasteiger charge is 2.29. The fourth-order valence-corrected chi connectivity index (χ4v) is 3.29. The fourth-order valence-electron chi connectivity index (χ4n) is 3.29. The summed E-state index contributed by atoms with van der Waals surface area (Å²) in [6, 6.07) is 13.1. The lowest BCUT2D eigenvalue weighted by Crippen LogP contribution is -2.40. The summed E-state index contributed by atoms with van der Waals surface area (Å²) in [6.07, 6.45) is 2.96. The van der Waals surface area contributed by atoms with Crippen molar-refractivity contribution >= 4 is 11.9 Å². The minimum Gasteiger partial charge on any atom is -0.356 e. The highest BCUT2D eigenvalue weighted by Crippen LogP contribution is 2.17. The minimum atomic E-state index is -0.346. The van der Waals surface area contributed by atoms with E-state index in [0.717, 1.165) is 19.5 Å². The summed E-state index contributed by atoms with van der Waals surface area (Å²) >= 11 is 0. The van der Waals surface area contributed by atoms with Crippen molar-refractivity contribution < 1.29 is 9.18 Å². The molecule has 1 atom stereocenters. The predicted molar refractivity (Wildman–Crippen MR) is 107 cm³/mol. The highest BCUT2D eigenvalue weighted by molar-refractivity contribution is 5.80. The van der Waals surface area contributed by atoms with Gasteiger partial charge in [-0.05, 0) is 24.1 Å². The Morgan fingerprint density at radius 2 is 2.07 bits per heavy atom. The lowest BCUT2D eigenvalue weighted by Gasteiger charge is -2.18. The number of hydrogen-bond acceptors (Lipinski definition) is 3. The molecule has 28 heavy (non-hydrogen) atoms. The molecule has 1 aliphatic rings. The number of aromatic nitrogens is 1. The molecule has 148 valence electrons. The van der Waals surface area contributed by atoms with Crippen LogP contribution in [0.3, 0.4) is 0 Å². The predicted octanol–water partition coefficient (Wildman–Crippen LogP) is 1.98. The van der Waals surface area contributed by atoms with Crippen LogP contribution in [0.5, 0.6) is 0 Å². The summed E-state index contributed by atoms with van der Waals surface area (Å²) in [4.78, 5) is 22.4. The number of nitrogens with zero attached hydrogens (tertiary/aromatic N) is 3. The Kier molecular flexibility index (Phi) is 6.94. The van der Waals surface area contributed by atoms with Gasteiger partial charge in [0, 0.05) is 45.2 Å². The topological polar surface area (TPSA) is 69.6 Å². The average molecular weight is 383 g/mol. The molecule has 1 saturated heterocycles. The van der Waals surface area contributed by atoms with E-state index >= 15 is 0 Å². The molecule has 1 aromatic heterocycles. The SMILES string of the molecule is CN=C(NCc1ncccc1F)NCC1CC(=O)N(CCc2ccccc2)C1. The van der Waals surface area contributed by atoms with Crippen LogP contribution in [0.2, 0.25) is 0 Å². The lowest BCUT2D eigenvalue weighted by molar-refractivity contribution is -0.127. The second kappa shape index (κ2) is 9.82. The molecule has 0 radical (unpaired) electrons. The van der Waals surface area contributed by atoms with Gasteiger partial charge in [0.15, 0.2) is 5.96 Å². The molecule has 0 aliphatic carbocycles. The van der Waals surface area contributed by atoms with Crippen LogP contribution in [0.25, 0.3) is 0 Å². The van der Waals surface area contributed by atoms with E-state index in [4.69, 9.17) is 0 Å². The number of rotatable bonds is 7. The van der Waals surface area contributed by atoms with E-state index in [-0.39, 0.29) is 24.2 Å². The van der Waals surface area contributed by atoms with Crippen LogP contribution < -0.4 is 10.6 Å². The second-order valence-electron chi connectivity index (χ2n) is 6.88. The normalized spacial score (nSPS) is 17.1. The molecule has 1 unspecified atom stereocenters. The number of carbonyl (C=O) groups excluding carboxylic acids is 1. The van der Waals surface area contributed by atoms with Crippen LogP contribution in [-0.2, 0) is 17.8 Å². The van der Waals surface area contributed by atoms with E-state index in [9.17, 15) is 9.18 Å². The quantitative estimate of drug-likeness (QED) is 0.567. The summed E-state index contributed by atoms with van der Waals surface area (Å²) in [5.74, 6) is 0.649. The van der Waals surface area contributed by atoms with Gasteiger partial charge in [-0.2, -0.15) is 0 Å². The maximum Gasteiger partial charge on any atom is 0.223 e. The summed E-state index contributed by atoms with van der Waals surface area (Å²) in [5.41, 5.74) is 1.58. The van der Waals surface area contributed by atoms with Gasteiger partial charge >= 0.3 is 0 Å². The molecular weight excluding hydrogens is 357 g/mol. The smallest absolute Gasteiger partial charge is 0.223 e. The van der Waals surface area contributed by atoms with Gasteiger partial charge in [0.25, 0.3) is 0 Å². The molecule has 1 amide bonds. The molecule has 6 nitrogen and oxygen atoms in total. The van der Waals surface area contributed by atoms with Crippen LogP contribution in [0.1, 0.15) is 17.7 Å². The first-order chi connectivity index (χ1) is 13.7. The van der Waals surface area contributed by atoms with Crippen molar-refractivity contribution in [2.24, 2.45) is 10.9 Å². The number of amides is 1. The van der Waals surface area contributed by atoms with Crippen molar-refractivity contribution in [1.82, 2.24) is 20.5 Å². The van der Waals surface area contributed by atoms with Crippen LogP contribution in [0, 0.1) is 11.7 Å². The number of hydrogen-bond donors (Lipinski definition) is 2. The van der Waals surface area contributed by atoms with Gasteiger partial charge < -0.3 is 15.5 Å². The summed E-state index contributed by atoms with van der Waals surface area (Å²) < 4.78 is 13.7. The standard InChI is InChI=1S/C21H26FN5O/c1-23-21(26-14-19-18(22)8-5-10-24-19)25-13-17-12-20(28)27(15-17)11-9-16-6-3-2-4-7-16/h2-8,10,17H,9,11-15H2,1H3,(H2,23,25,26). The van der Waals surface area contributed by atoms with E-state index in [1.54, 1.807) is 19.3 Å². The largest absolute Gasteiger partial charge is 0.356 e. The van der Waals surface area contributed by atoms with E-state index in [2.05, 4.69) is 32.7 Å². The zero-order valence-corrected chi connectivity index (χ0v) is 16.1. The molecule has 2 N–H and O–H groups in total. The van der Waals surface area contributed by atoms with Crippen molar-refractivity contribution in [3.05, 3.63) is 65.7 Å². The minimum absolute atomic E-state index is 0.196. The Morgan fingerprint density at radius 3 is 2.82 bits per heavy atom. The van der Waals surface area contributed by atoms with Crippen molar-refractivity contribution in [3.63, 3.8) is 0 Å². The Labute approximate surface area is 164 Å². The number of likely N-dealkylation sites (tertiary alicyclic amines) is 1. The monoisotopic (exact) mass is 383 g/mol. The van der Waals surface area contributed by atoms with Crippen LogP contribution in [0.4, 0.5) is 4.39 Å². The van der Waals surface area contributed by atoms with Gasteiger partial charge in [-0.1, -0.05) is 30.3 Å². The first-order valence-electron chi connectivity index (χ1n) is 9.51. The zero-order valence-electron chi connectivity index (χ0n) is 16.1. The van der Waals surface area contributed by atoms with Gasteiger partial charge in [0.1, 0.15) is 5.82 Å². The van der Waals surface area contributed by atoms with Gasteiger partial charge in [-0.3, -0.25) is 14.8 Å². The fraction of sp³-hybridized carbons (Fsp3) is 0.381. The van der Waals surface area contributed by atoms with E-state index in [0.29, 0.717) is 24.6 Å². The number of aliphatic imine (C=N–C) groups is 1. The Morgan fingerprint density at radius 1 is 1.25 bits per heavy atom. The van der Waals surface area contributed by atoms with Crippen molar-refractivity contribution in [1.29, 1.82) is 0 Å². The van der Waals surface area contributed by atoms with Crippen LogP contribution in [0.15, 0.2) is 53.7 Å². The third-order valence-electron chi connectivity index (χ3n) is 4.85. The number of carbonyl (C=O) groups is 1. The van der Waals surface area contributed by atoms with Crippen molar-refractivity contribution in [2.45, 2.75) is 19.4 Å². The number of guanidine groups is 1. The van der Waals surface area contributed by atoms with Gasteiger partial charge in [0.05, 0.1) is 12.2 Å². The van der Waals surface area contributed by atoms with Gasteiger partial charge in [-0.15, -0.1) is 0 Å². The van der Waals surface area contributed by atoms with Gasteiger partial charge in [0.2, 0.25) is 5.91 Å². The van der Waals surface area contributed by atoms with Crippen LogP contribution >= 0.6 is 0 Å². The molecule has 0 spiro atoms. The molecule has 0 saturated carbocycles. The maximum absolute atomic E-state index is 13.7. The van der Waals surface area contributed by atoms with E-state index < -0.39 is 0 Å². The first-order valence-corrected chi connectivity index (χ1v) is 9.51. The molecule has 2 heterocycles. The molecular formula is C21H26FN5O. The Hall–Kier alpha value is -2.96. The van der Waals surface area contributed by atoms with Crippen molar-refractivity contribution in [3.8, 4) is 0 Å². The summed E-state index contributed by atoms with van der Waals surface area (Å²) in [5, 5.41) is 6.28. The van der Waals surface area contributed by atoms with E-state index in [1.807, 2.05) is 23.1 Å². The molecule has 2 aromatic rings. The van der Waals surface area contributed by atoms with Crippen molar-refractivity contribution in [2.75, 3.05) is 26.7 Å².